The maximum Gasteiger partial charge on any atom is 0.349 e. The molecule has 0 aliphatic carbocycles. The van der Waals surface area contributed by atoms with Crippen LogP contribution in [0.2, 0.25) is 0 Å². The lowest BCUT2D eigenvalue weighted by molar-refractivity contribution is -0.136. The van der Waals surface area contributed by atoms with E-state index in [-0.39, 0.29) is 13.2 Å². The second-order valence-corrected chi connectivity index (χ2v) is 5.30. The third-order valence-electron chi connectivity index (χ3n) is 3.40. The Hall–Kier alpha value is -3.06. The molecule has 0 aliphatic heterocycles. The van der Waals surface area contributed by atoms with Gasteiger partial charge < -0.3 is 23.7 Å². The van der Waals surface area contributed by atoms with Gasteiger partial charge in [-0.1, -0.05) is 0 Å². The monoisotopic (exact) mass is 374 g/mol. The van der Waals surface area contributed by atoms with Gasteiger partial charge in [-0.25, -0.2) is 9.59 Å². The van der Waals surface area contributed by atoms with E-state index in [0.29, 0.717) is 36.0 Å². The highest BCUT2D eigenvalue weighted by atomic mass is 16.6. The third-order valence-corrected chi connectivity index (χ3v) is 3.40. The number of benzene rings is 2. The molecule has 7 nitrogen and oxygen atoms in total. The van der Waals surface area contributed by atoms with E-state index in [4.69, 9.17) is 23.7 Å². The van der Waals surface area contributed by atoms with Crippen molar-refractivity contribution in [2.45, 2.75) is 6.92 Å². The van der Waals surface area contributed by atoms with Gasteiger partial charge in [0.15, 0.2) is 6.61 Å². The summed E-state index contributed by atoms with van der Waals surface area (Å²) in [6.45, 7) is 2.73. The van der Waals surface area contributed by atoms with Crippen molar-refractivity contribution in [3.05, 3.63) is 54.1 Å². The van der Waals surface area contributed by atoms with Gasteiger partial charge in [0, 0.05) is 6.61 Å². The van der Waals surface area contributed by atoms with Gasteiger partial charge in [0.05, 0.1) is 19.3 Å². The van der Waals surface area contributed by atoms with E-state index >= 15 is 0 Å². The fraction of sp³-hybridized carbons (Fsp3) is 0.300. The van der Waals surface area contributed by atoms with Gasteiger partial charge in [0.25, 0.3) is 0 Å². The van der Waals surface area contributed by atoms with Crippen LogP contribution in [0.15, 0.2) is 48.5 Å². The van der Waals surface area contributed by atoms with Gasteiger partial charge in [-0.15, -0.1) is 0 Å². The topological polar surface area (TPSA) is 80.3 Å². The molecule has 0 aliphatic rings. The molecule has 144 valence electrons. The van der Waals surface area contributed by atoms with Crippen LogP contribution in [0.1, 0.15) is 17.3 Å². The maximum absolute atomic E-state index is 11.9. The highest BCUT2D eigenvalue weighted by Crippen LogP contribution is 2.17. The Morgan fingerprint density at radius 3 is 2.11 bits per heavy atom. The summed E-state index contributed by atoms with van der Waals surface area (Å²) in [5.41, 5.74) is 0.362. The summed E-state index contributed by atoms with van der Waals surface area (Å²) in [5, 5.41) is 0. The summed E-state index contributed by atoms with van der Waals surface area (Å²) < 4.78 is 25.7. The van der Waals surface area contributed by atoms with E-state index in [1.54, 1.807) is 31.4 Å². The van der Waals surface area contributed by atoms with Gasteiger partial charge in [-0.3, -0.25) is 0 Å². The number of carbonyl (C=O) groups excluding carboxylic acids is 2. The zero-order valence-corrected chi connectivity index (χ0v) is 15.3. The molecule has 0 saturated heterocycles. The van der Waals surface area contributed by atoms with Crippen molar-refractivity contribution < 1.29 is 33.3 Å². The minimum absolute atomic E-state index is 0.187. The summed E-state index contributed by atoms with van der Waals surface area (Å²) in [7, 11) is 1.57. The van der Waals surface area contributed by atoms with E-state index in [1.165, 1.54) is 24.3 Å². The third kappa shape index (κ3) is 6.99. The van der Waals surface area contributed by atoms with E-state index in [0.717, 1.165) is 0 Å². The number of methoxy groups -OCH3 is 1. The normalized spacial score (nSPS) is 10.1. The fourth-order valence-corrected chi connectivity index (χ4v) is 2.06. The first kappa shape index (κ1) is 20.3. The van der Waals surface area contributed by atoms with Crippen LogP contribution in [-0.4, -0.2) is 45.5 Å². The van der Waals surface area contributed by atoms with E-state index in [2.05, 4.69) is 0 Å². The first-order chi connectivity index (χ1) is 13.1. The summed E-state index contributed by atoms with van der Waals surface area (Å²) in [5.74, 6) is 0.511. The van der Waals surface area contributed by atoms with Crippen molar-refractivity contribution >= 4 is 11.9 Å². The predicted octanol–water partition coefficient (Wildman–Crippen LogP) is 2.87. The average molecular weight is 374 g/mol. The smallest absolute Gasteiger partial charge is 0.349 e. The summed E-state index contributed by atoms with van der Waals surface area (Å²) in [6.07, 6.45) is 0. The first-order valence-corrected chi connectivity index (χ1v) is 8.45. The van der Waals surface area contributed by atoms with Crippen LogP contribution in [0.4, 0.5) is 0 Å². The Morgan fingerprint density at radius 1 is 0.852 bits per heavy atom. The molecule has 0 saturated carbocycles. The lowest BCUT2D eigenvalue weighted by atomic mass is 10.2. The molecule has 2 aromatic carbocycles. The fourth-order valence-electron chi connectivity index (χ4n) is 2.06. The minimum Gasteiger partial charge on any atom is -0.497 e. The van der Waals surface area contributed by atoms with Crippen LogP contribution in [-0.2, 0) is 14.3 Å². The minimum atomic E-state index is -0.558. The van der Waals surface area contributed by atoms with Crippen LogP contribution >= 0.6 is 0 Å². The predicted molar refractivity (Wildman–Crippen MR) is 97.3 cm³/mol. The molecule has 0 fully saturated rings. The van der Waals surface area contributed by atoms with Gasteiger partial charge in [0.1, 0.15) is 23.9 Å². The average Bonchev–Trinajstić information content (AvgIpc) is 2.70. The zero-order chi connectivity index (χ0) is 19.5. The molecule has 0 amide bonds. The lowest BCUT2D eigenvalue weighted by Gasteiger charge is -2.08. The number of rotatable bonds is 10. The molecular formula is C20H22O7. The molecule has 0 radical (unpaired) electrons. The Kier molecular flexibility index (Phi) is 8.12. The van der Waals surface area contributed by atoms with Crippen LogP contribution in [0.5, 0.6) is 17.2 Å². The van der Waals surface area contributed by atoms with Crippen LogP contribution in [0.25, 0.3) is 0 Å². The summed E-state index contributed by atoms with van der Waals surface area (Å²) in [4.78, 5) is 23.7. The standard InChI is InChI=1S/C20H22O7/c1-3-24-12-13-25-20(22)15-4-6-18(7-5-15)27-19(21)14-26-17-10-8-16(23-2)9-11-17/h4-11H,3,12-14H2,1-2H3. The van der Waals surface area contributed by atoms with Crippen molar-refractivity contribution in [2.24, 2.45) is 0 Å². The zero-order valence-electron chi connectivity index (χ0n) is 15.3. The number of esters is 2. The van der Waals surface area contributed by atoms with Gasteiger partial charge in [-0.2, -0.15) is 0 Å². The van der Waals surface area contributed by atoms with Crippen LogP contribution < -0.4 is 14.2 Å². The molecule has 0 bridgehead atoms. The molecule has 0 spiro atoms. The Bertz CT molecular complexity index is 723. The second-order valence-electron chi connectivity index (χ2n) is 5.30. The molecule has 2 aromatic rings. The molecule has 0 N–H and O–H groups in total. The molecule has 2 rings (SSSR count). The van der Waals surface area contributed by atoms with Crippen LogP contribution in [0, 0.1) is 0 Å². The van der Waals surface area contributed by atoms with Gasteiger partial charge in [-0.05, 0) is 55.5 Å². The highest BCUT2D eigenvalue weighted by Gasteiger charge is 2.10. The number of hydrogen-bond donors (Lipinski definition) is 0. The second kappa shape index (κ2) is 10.8. The lowest BCUT2D eigenvalue weighted by Crippen LogP contribution is -2.17. The quantitative estimate of drug-likeness (QED) is 0.359. The largest absolute Gasteiger partial charge is 0.497 e. The Morgan fingerprint density at radius 2 is 1.48 bits per heavy atom. The number of carbonyl (C=O) groups is 2. The SMILES string of the molecule is CCOCCOC(=O)c1ccc(OC(=O)COc2ccc(OC)cc2)cc1. The number of hydrogen-bond acceptors (Lipinski definition) is 7. The molecule has 0 aromatic heterocycles. The molecule has 7 heteroatoms. The Balaban J connectivity index is 1.77. The molecule has 0 unspecified atom stereocenters. The van der Waals surface area contributed by atoms with Crippen molar-refractivity contribution in [1.82, 2.24) is 0 Å². The molecule has 0 heterocycles. The molecule has 0 atom stereocenters. The van der Waals surface area contributed by atoms with Crippen molar-refractivity contribution in [3.8, 4) is 17.2 Å². The van der Waals surface area contributed by atoms with Crippen molar-refractivity contribution in [1.29, 1.82) is 0 Å². The van der Waals surface area contributed by atoms with Gasteiger partial charge >= 0.3 is 11.9 Å². The van der Waals surface area contributed by atoms with Crippen LogP contribution in [0.3, 0.4) is 0 Å². The molecular weight excluding hydrogens is 352 g/mol. The summed E-state index contributed by atoms with van der Waals surface area (Å²) >= 11 is 0. The number of ether oxygens (including phenoxy) is 5. The highest BCUT2D eigenvalue weighted by molar-refractivity contribution is 5.89. The molecule has 27 heavy (non-hydrogen) atoms. The summed E-state index contributed by atoms with van der Waals surface area (Å²) in [6, 6.07) is 12.9. The van der Waals surface area contributed by atoms with E-state index in [1.807, 2.05) is 6.92 Å². The van der Waals surface area contributed by atoms with Gasteiger partial charge in [0.2, 0.25) is 0 Å². The van der Waals surface area contributed by atoms with Crippen molar-refractivity contribution in [2.75, 3.05) is 33.5 Å². The first-order valence-electron chi connectivity index (χ1n) is 8.45. The van der Waals surface area contributed by atoms with E-state index in [9.17, 15) is 9.59 Å². The van der Waals surface area contributed by atoms with E-state index < -0.39 is 11.9 Å². The Labute approximate surface area is 157 Å². The van der Waals surface area contributed by atoms with Crippen molar-refractivity contribution in [3.63, 3.8) is 0 Å². The maximum atomic E-state index is 11.9.